The van der Waals surface area contributed by atoms with Crippen molar-refractivity contribution in [1.29, 1.82) is 0 Å². The van der Waals surface area contributed by atoms with Crippen molar-refractivity contribution >= 4 is 11.8 Å². The molecule has 0 atom stereocenters. The van der Waals surface area contributed by atoms with Gasteiger partial charge in [-0.25, -0.2) is 9.78 Å². The monoisotopic (exact) mass is 248 g/mol. The number of hydrogen-bond donors (Lipinski definition) is 1. The Morgan fingerprint density at radius 1 is 1.39 bits per heavy atom. The van der Waals surface area contributed by atoms with Crippen LogP contribution in [0.1, 0.15) is 42.6 Å². The normalized spacial score (nSPS) is 18.7. The minimum atomic E-state index is -0.920. The van der Waals surface area contributed by atoms with Crippen LogP contribution >= 0.6 is 0 Å². The number of pyridine rings is 1. The Kier molecular flexibility index (Phi) is 3.28. The largest absolute Gasteiger partial charge is 0.478 e. The highest BCUT2D eigenvalue weighted by molar-refractivity contribution is 5.87. The molecule has 1 aromatic rings. The summed E-state index contributed by atoms with van der Waals surface area (Å²) in [6, 6.07) is 1.70. The molecule has 1 N–H and O–H groups in total. The molecule has 98 valence electrons. The van der Waals surface area contributed by atoms with Crippen molar-refractivity contribution in [2.24, 2.45) is 5.41 Å². The van der Waals surface area contributed by atoms with Gasteiger partial charge >= 0.3 is 5.97 Å². The smallest absolute Gasteiger partial charge is 0.337 e. The third-order valence-electron chi connectivity index (χ3n) is 3.71. The number of aromatic carboxylic acids is 1. The average Bonchev–Trinajstić information content (AvgIpc) is 2.29. The molecule has 0 aliphatic carbocycles. The van der Waals surface area contributed by atoms with E-state index in [4.69, 9.17) is 5.11 Å². The molecule has 1 saturated heterocycles. The number of piperidine rings is 1. The SMILES string of the molecule is Cc1cc(C(=O)O)cnc1N1CCC(C)(C)CC1. The molecular formula is C14H20N2O2. The van der Waals surface area contributed by atoms with Crippen LogP contribution in [0.2, 0.25) is 0 Å². The fraction of sp³-hybridized carbons (Fsp3) is 0.571. The lowest BCUT2D eigenvalue weighted by atomic mass is 9.82. The van der Waals surface area contributed by atoms with Crippen LogP contribution in [0, 0.1) is 12.3 Å². The third-order valence-corrected chi connectivity index (χ3v) is 3.71. The van der Waals surface area contributed by atoms with Gasteiger partial charge in [0.2, 0.25) is 0 Å². The highest BCUT2D eigenvalue weighted by atomic mass is 16.4. The van der Waals surface area contributed by atoms with Gasteiger partial charge in [-0.1, -0.05) is 13.8 Å². The van der Waals surface area contributed by atoms with Crippen LogP contribution in [-0.4, -0.2) is 29.1 Å². The first-order valence-electron chi connectivity index (χ1n) is 6.34. The Balaban J connectivity index is 2.17. The van der Waals surface area contributed by atoms with Crippen molar-refractivity contribution < 1.29 is 9.90 Å². The zero-order chi connectivity index (χ0) is 13.3. The van der Waals surface area contributed by atoms with Gasteiger partial charge in [0.15, 0.2) is 0 Å². The van der Waals surface area contributed by atoms with Crippen LogP contribution in [0.25, 0.3) is 0 Å². The van der Waals surface area contributed by atoms with Gasteiger partial charge in [0.1, 0.15) is 5.82 Å². The molecule has 18 heavy (non-hydrogen) atoms. The predicted molar refractivity (Wildman–Crippen MR) is 71.2 cm³/mol. The van der Waals surface area contributed by atoms with Crippen molar-refractivity contribution in [3.05, 3.63) is 23.4 Å². The highest BCUT2D eigenvalue weighted by Crippen LogP contribution is 2.32. The van der Waals surface area contributed by atoms with Crippen molar-refractivity contribution in [2.75, 3.05) is 18.0 Å². The van der Waals surface area contributed by atoms with Crippen LogP contribution in [0.15, 0.2) is 12.3 Å². The van der Waals surface area contributed by atoms with E-state index in [1.807, 2.05) is 6.92 Å². The van der Waals surface area contributed by atoms with Gasteiger partial charge < -0.3 is 10.0 Å². The molecule has 4 heteroatoms. The van der Waals surface area contributed by atoms with Gasteiger partial charge in [-0.15, -0.1) is 0 Å². The predicted octanol–water partition coefficient (Wildman–Crippen LogP) is 2.71. The number of rotatable bonds is 2. The Hall–Kier alpha value is -1.58. The molecule has 0 bridgehead atoms. The standard InChI is InChI=1S/C14H20N2O2/c1-10-8-11(13(17)18)9-15-12(10)16-6-4-14(2,3)5-7-16/h8-9H,4-7H2,1-3H3,(H,17,18). The van der Waals surface area contributed by atoms with E-state index in [1.165, 1.54) is 6.20 Å². The fourth-order valence-corrected chi connectivity index (χ4v) is 2.34. The molecule has 0 amide bonds. The van der Waals surface area contributed by atoms with Crippen LogP contribution in [-0.2, 0) is 0 Å². The molecule has 0 radical (unpaired) electrons. The van der Waals surface area contributed by atoms with Crippen molar-refractivity contribution in [3.8, 4) is 0 Å². The first-order valence-corrected chi connectivity index (χ1v) is 6.34. The lowest BCUT2D eigenvalue weighted by Crippen LogP contribution is -2.38. The molecule has 1 fully saturated rings. The summed E-state index contributed by atoms with van der Waals surface area (Å²) in [5, 5.41) is 8.93. The van der Waals surface area contributed by atoms with E-state index in [2.05, 4.69) is 23.7 Å². The summed E-state index contributed by atoms with van der Waals surface area (Å²) in [7, 11) is 0. The number of aromatic nitrogens is 1. The third kappa shape index (κ3) is 2.63. The topological polar surface area (TPSA) is 53.4 Å². The van der Waals surface area contributed by atoms with Gasteiger partial charge in [0.25, 0.3) is 0 Å². The number of aryl methyl sites for hydroxylation is 1. The van der Waals surface area contributed by atoms with E-state index in [0.29, 0.717) is 5.41 Å². The number of nitrogens with zero attached hydrogens (tertiary/aromatic N) is 2. The summed E-state index contributed by atoms with van der Waals surface area (Å²) < 4.78 is 0. The van der Waals surface area contributed by atoms with E-state index >= 15 is 0 Å². The minimum absolute atomic E-state index is 0.258. The Labute approximate surface area is 108 Å². The van der Waals surface area contributed by atoms with Gasteiger partial charge in [0.05, 0.1) is 5.56 Å². The molecule has 1 aliphatic heterocycles. The number of anilines is 1. The fourth-order valence-electron chi connectivity index (χ4n) is 2.34. The molecule has 2 rings (SSSR count). The highest BCUT2D eigenvalue weighted by Gasteiger charge is 2.26. The summed E-state index contributed by atoms with van der Waals surface area (Å²) in [6.45, 7) is 8.49. The summed E-state index contributed by atoms with van der Waals surface area (Å²) in [6.07, 6.45) is 3.74. The van der Waals surface area contributed by atoms with Crippen molar-refractivity contribution in [3.63, 3.8) is 0 Å². The average molecular weight is 248 g/mol. The summed E-state index contributed by atoms with van der Waals surface area (Å²) in [4.78, 5) is 17.4. The molecule has 0 unspecified atom stereocenters. The van der Waals surface area contributed by atoms with E-state index in [0.717, 1.165) is 37.3 Å². The van der Waals surface area contributed by atoms with Gasteiger partial charge in [-0.3, -0.25) is 0 Å². The molecular weight excluding hydrogens is 228 g/mol. The number of carboxylic acids is 1. The van der Waals surface area contributed by atoms with E-state index in [-0.39, 0.29) is 5.56 Å². The van der Waals surface area contributed by atoms with Crippen molar-refractivity contribution in [2.45, 2.75) is 33.6 Å². The van der Waals surface area contributed by atoms with E-state index in [9.17, 15) is 4.79 Å². The van der Waals surface area contributed by atoms with E-state index in [1.54, 1.807) is 6.07 Å². The first-order chi connectivity index (χ1) is 8.39. The van der Waals surface area contributed by atoms with Gasteiger partial charge in [0, 0.05) is 19.3 Å². The van der Waals surface area contributed by atoms with E-state index < -0.39 is 5.97 Å². The van der Waals surface area contributed by atoms with Crippen molar-refractivity contribution in [1.82, 2.24) is 4.98 Å². The molecule has 0 saturated carbocycles. The van der Waals surface area contributed by atoms with Gasteiger partial charge in [-0.2, -0.15) is 0 Å². The number of carboxylic acid groups (broad SMARTS) is 1. The maximum Gasteiger partial charge on any atom is 0.337 e. The minimum Gasteiger partial charge on any atom is -0.478 e. The summed E-state index contributed by atoms with van der Waals surface area (Å²) >= 11 is 0. The maximum atomic E-state index is 10.9. The Morgan fingerprint density at radius 3 is 2.50 bits per heavy atom. The lowest BCUT2D eigenvalue weighted by Gasteiger charge is -2.38. The van der Waals surface area contributed by atoms with Gasteiger partial charge in [-0.05, 0) is 36.8 Å². The Bertz CT molecular complexity index is 459. The summed E-state index contributed by atoms with van der Waals surface area (Å²) in [5.74, 6) is 0.00688. The number of hydrogen-bond acceptors (Lipinski definition) is 3. The summed E-state index contributed by atoms with van der Waals surface area (Å²) in [5.41, 5.74) is 1.61. The lowest BCUT2D eigenvalue weighted by molar-refractivity contribution is 0.0696. The zero-order valence-electron chi connectivity index (χ0n) is 11.2. The molecule has 0 aromatic carbocycles. The molecule has 0 spiro atoms. The number of carbonyl (C=O) groups is 1. The second-order valence-corrected chi connectivity index (χ2v) is 5.82. The zero-order valence-corrected chi connectivity index (χ0v) is 11.2. The molecule has 1 aromatic heterocycles. The van der Waals surface area contributed by atoms with Crippen LogP contribution in [0.5, 0.6) is 0 Å². The van der Waals surface area contributed by atoms with Crippen LogP contribution < -0.4 is 4.90 Å². The first kappa shape index (κ1) is 12.9. The molecule has 2 heterocycles. The maximum absolute atomic E-state index is 10.9. The quantitative estimate of drug-likeness (QED) is 0.874. The molecule has 1 aliphatic rings. The second-order valence-electron chi connectivity index (χ2n) is 5.82. The second kappa shape index (κ2) is 4.59. The Morgan fingerprint density at radius 2 is 2.00 bits per heavy atom. The molecule has 4 nitrogen and oxygen atoms in total. The van der Waals surface area contributed by atoms with Crippen LogP contribution in [0.4, 0.5) is 5.82 Å². The van der Waals surface area contributed by atoms with Crippen LogP contribution in [0.3, 0.4) is 0 Å².